The molecule has 6 nitrogen and oxygen atoms in total. The number of nitrogens with one attached hydrogen (secondary N) is 1. The van der Waals surface area contributed by atoms with Crippen LogP contribution in [-0.2, 0) is 0 Å². The van der Waals surface area contributed by atoms with Gasteiger partial charge in [0.2, 0.25) is 0 Å². The number of carbonyl (C=O) groups is 2. The SMILES string of the molecule is Cc1cccc(NC(=O)N(C)C(C)CC#N)c1C(=O)O. The molecule has 1 aromatic carbocycles. The Hall–Kier alpha value is -2.55. The first-order valence-corrected chi connectivity index (χ1v) is 6.12. The van der Waals surface area contributed by atoms with Gasteiger partial charge in [-0.15, -0.1) is 0 Å². The Kier molecular flexibility index (Phi) is 5.09. The summed E-state index contributed by atoms with van der Waals surface area (Å²) < 4.78 is 0. The molecule has 0 saturated heterocycles. The molecule has 1 unspecified atom stereocenters. The van der Waals surface area contributed by atoms with Gasteiger partial charge >= 0.3 is 12.0 Å². The number of amides is 2. The lowest BCUT2D eigenvalue weighted by Gasteiger charge is -2.23. The van der Waals surface area contributed by atoms with E-state index in [1.807, 2.05) is 6.07 Å². The number of carboxylic acid groups (broad SMARTS) is 1. The number of benzene rings is 1. The number of nitriles is 1. The van der Waals surface area contributed by atoms with E-state index in [9.17, 15) is 14.7 Å². The van der Waals surface area contributed by atoms with Crippen molar-refractivity contribution in [3.63, 3.8) is 0 Å². The Bertz CT molecular complexity index is 563. The number of anilines is 1. The van der Waals surface area contributed by atoms with Gasteiger partial charge in [-0.2, -0.15) is 5.26 Å². The zero-order valence-corrected chi connectivity index (χ0v) is 11.7. The number of urea groups is 1. The van der Waals surface area contributed by atoms with E-state index >= 15 is 0 Å². The molecule has 0 aliphatic heterocycles. The number of carboxylic acids is 1. The molecule has 0 fully saturated rings. The molecule has 1 rings (SSSR count). The molecular weight excluding hydrogens is 258 g/mol. The molecule has 0 saturated carbocycles. The minimum atomic E-state index is -1.09. The predicted molar refractivity (Wildman–Crippen MR) is 74.6 cm³/mol. The average molecular weight is 275 g/mol. The maximum absolute atomic E-state index is 12.0. The van der Waals surface area contributed by atoms with Gasteiger partial charge in [0.05, 0.1) is 23.7 Å². The van der Waals surface area contributed by atoms with E-state index in [0.29, 0.717) is 5.56 Å². The number of nitrogens with zero attached hydrogens (tertiary/aromatic N) is 2. The van der Waals surface area contributed by atoms with Crippen molar-refractivity contribution >= 4 is 17.7 Å². The lowest BCUT2D eigenvalue weighted by atomic mass is 10.1. The van der Waals surface area contributed by atoms with Crippen molar-refractivity contribution in [2.45, 2.75) is 26.3 Å². The minimum Gasteiger partial charge on any atom is -0.478 e. The molecule has 0 radical (unpaired) electrons. The van der Waals surface area contributed by atoms with Crippen LogP contribution in [0.2, 0.25) is 0 Å². The van der Waals surface area contributed by atoms with Gasteiger partial charge in [0.1, 0.15) is 0 Å². The third-order valence-electron chi connectivity index (χ3n) is 3.10. The van der Waals surface area contributed by atoms with Gasteiger partial charge in [-0.05, 0) is 25.5 Å². The van der Waals surface area contributed by atoms with Crippen LogP contribution in [0.5, 0.6) is 0 Å². The summed E-state index contributed by atoms with van der Waals surface area (Å²) in [5, 5.41) is 20.4. The van der Waals surface area contributed by atoms with E-state index in [2.05, 4.69) is 5.32 Å². The van der Waals surface area contributed by atoms with Crippen LogP contribution in [-0.4, -0.2) is 35.1 Å². The second-order valence-electron chi connectivity index (χ2n) is 4.55. The van der Waals surface area contributed by atoms with Gasteiger partial charge in [-0.1, -0.05) is 12.1 Å². The lowest BCUT2D eigenvalue weighted by molar-refractivity contribution is 0.0697. The Morgan fingerprint density at radius 2 is 2.15 bits per heavy atom. The van der Waals surface area contributed by atoms with Crippen LogP contribution in [0.1, 0.15) is 29.3 Å². The number of hydrogen-bond acceptors (Lipinski definition) is 3. The average Bonchev–Trinajstić information content (AvgIpc) is 2.37. The Morgan fingerprint density at radius 1 is 1.50 bits per heavy atom. The van der Waals surface area contributed by atoms with E-state index in [0.717, 1.165) is 0 Å². The highest BCUT2D eigenvalue weighted by Crippen LogP contribution is 2.20. The molecule has 6 heteroatoms. The van der Waals surface area contributed by atoms with Crippen LogP contribution in [0.4, 0.5) is 10.5 Å². The van der Waals surface area contributed by atoms with Crippen LogP contribution in [0, 0.1) is 18.3 Å². The number of rotatable bonds is 4. The summed E-state index contributed by atoms with van der Waals surface area (Å²) in [6.45, 7) is 3.41. The van der Waals surface area contributed by atoms with Crippen molar-refractivity contribution < 1.29 is 14.7 Å². The van der Waals surface area contributed by atoms with E-state index in [4.69, 9.17) is 5.26 Å². The second kappa shape index (κ2) is 6.57. The smallest absolute Gasteiger partial charge is 0.338 e. The monoisotopic (exact) mass is 275 g/mol. The molecule has 0 aromatic heterocycles. The van der Waals surface area contributed by atoms with Gasteiger partial charge in [0.15, 0.2) is 0 Å². The van der Waals surface area contributed by atoms with Crippen molar-refractivity contribution in [1.82, 2.24) is 4.90 Å². The largest absolute Gasteiger partial charge is 0.478 e. The van der Waals surface area contributed by atoms with E-state index in [-0.39, 0.29) is 23.7 Å². The van der Waals surface area contributed by atoms with Crippen LogP contribution >= 0.6 is 0 Å². The number of aryl methyl sites for hydroxylation is 1. The number of carbonyl (C=O) groups excluding carboxylic acids is 1. The molecule has 2 amide bonds. The Labute approximate surface area is 117 Å². The standard InChI is InChI=1S/C14H17N3O3/c1-9-5-4-6-11(12(9)13(18)19)16-14(20)17(3)10(2)7-8-15/h4-6,10H,7H2,1-3H3,(H,16,20)(H,18,19). The first-order chi connectivity index (χ1) is 9.38. The molecule has 0 aliphatic carbocycles. The van der Waals surface area contributed by atoms with Crippen molar-refractivity contribution in [3.05, 3.63) is 29.3 Å². The van der Waals surface area contributed by atoms with Crippen LogP contribution in [0.25, 0.3) is 0 Å². The highest BCUT2D eigenvalue weighted by molar-refractivity contribution is 6.01. The summed E-state index contributed by atoms with van der Waals surface area (Å²) in [6, 6.07) is 6.18. The molecule has 1 aromatic rings. The lowest BCUT2D eigenvalue weighted by Crippen LogP contribution is -2.38. The van der Waals surface area contributed by atoms with Crippen molar-refractivity contribution in [3.8, 4) is 6.07 Å². The normalized spacial score (nSPS) is 11.3. The van der Waals surface area contributed by atoms with Crippen molar-refractivity contribution in [2.24, 2.45) is 0 Å². The third kappa shape index (κ3) is 3.48. The summed E-state index contributed by atoms with van der Waals surface area (Å²) in [5.74, 6) is -1.09. The highest BCUT2D eigenvalue weighted by Gasteiger charge is 2.19. The van der Waals surface area contributed by atoms with Gasteiger partial charge in [0, 0.05) is 13.1 Å². The first kappa shape index (κ1) is 15.5. The van der Waals surface area contributed by atoms with Gasteiger partial charge in [-0.25, -0.2) is 9.59 Å². The molecule has 0 aliphatic rings. The maximum atomic E-state index is 12.0. The minimum absolute atomic E-state index is 0.0715. The topological polar surface area (TPSA) is 93.4 Å². The van der Waals surface area contributed by atoms with Crippen LogP contribution in [0.3, 0.4) is 0 Å². The Morgan fingerprint density at radius 3 is 2.70 bits per heavy atom. The Balaban J connectivity index is 2.94. The predicted octanol–water partition coefficient (Wildman–Crippen LogP) is 2.46. The van der Waals surface area contributed by atoms with Crippen LogP contribution < -0.4 is 5.32 Å². The molecule has 0 bridgehead atoms. The molecule has 2 N–H and O–H groups in total. The molecular formula is C14H17N3O3. The second-order valence-corrected chi connectivity index (χ2v) is 4.55. The van der Waals surface area contributed by atoms with Crippen molar-refractivity contribution in [2.75, 3.05) is 12.4 Å². The van der Waals surface area contributed by atoms with Gasteiger partial charge in [0.25, 0.3) is 0 Å². The fourth-order valence-electron chi connectivity index (χ4n) is 1.73. The molecule has 1 atom stereocenters. The zero-order valence-electron chi connectivity index (χ0n) is 11.7. The van der Waals surface area contributed by atoms with Gasteiger partial charge in [-0.3, -0.25) is 0 Å². The summed E-state index contributed by atoms with van der Waals surface area (Å²) in [5.41, 5.74) is 0.892. The van der Waals surface area contributed by atoms with Crippen LogP contribution in [0.15, 0.2) is 18.2 Å². The molecule has 106 valence electrons. The molecule has 0 heterocycles. The van der Waals surface area contributed by atoms with E-state index in [1.54, 1.807) is 33.0 Å². The van der Waals surface area contributed by atoms with E-state index in [1.165, 1.54) is 11.0 Å². The number of aromatic carboxylic acids is 1. The number of hydrogen-bond donors (Lipinski definition) is 2. The highest BCUT2D eigenvalue weighted by atomic mass is 16.4. The summed E-state index contributed by atoms with van der Waals surface area (Å²) in [7, 11) is 1.56. The van der Waals surface area contributed by atoms with Gasteiger partial charge < -0.3 is 15.3 Å². The van der Waals surface area contributed by atoms with E-state index < -0.39 is 12.0 Å². The quantitative estimate of drug-likeness (QED) is 0.882. The summed E-state index contributed by atoms with van der Waals surface area (Å²) in [6.07, 6.45) is 0.212. The fraction of sp³-hybridized carbons (Fsp3) is 0.357. The van der Waals surface area contributed by atoms with Crippen molar-refractivity contribution in [1.29, 1.82) is 5.26 Å². The molecule has 0 spiro atoms. The first-order valence-electron chi connectivity index (χ1n) is 6.12. The maximum Gasteiger partial charge on any atom is 0.338 e. The molecule has 20 heavy (non-hydrogen) atoms. The fourth-order valence-corrected chi connectivity index (χ4v) is 1.73. The third-order valence-corrected chi connectivity index (χ3v) is 3.10. The summed E-state index contributed by atoms with van der Waals surface area (Å²) in [4.78, 5) is 24.6. The summed E-state index contributed by atoms with van der Waals surface area (Å²) >= 11 is 0. The zero-order chi connectivity index (χ0) is 15.3.